The zero-order chi connectivity index (χ0) is 25.9. The topological polar surface area (TPSA) is 79.0 Å². The number of piperidine rings is 1. The fourth-order valence-corrected chi connectivity index (χ4v) is 4.99. The summed E-state index contributed by atoms with van der Waals surface area (Å²) in [6.45, 7) is 8.81. The highest BCUT2D eigenvalue weighted by Crippen LogP contribution is 2.28. The third-order valence-electron chi connectivity index (χ3n) is 7.00. The third kappa shape index (κ3) is 6.07. The van der Waals surface area contributed by atoms with Gasteiger partial charge in [-0.1, -0.05) is 54.6 Å². The van der Waals surface area contributed by atoms with E-state index in [9.17, 15) is 14.4 Å². The van der Waals surface area contributed by atoms with Gasteiger partial charge < -0.3 is 15.0 Å². The number of nitrogens with one attached hydrogen (secondary N) is 1. The number of likely N-dealkylation sites (tertiary alicyclic amines) is 1. The summed E-state index contributed by atoms with van der Waals surface area (Å²) < 4.78 is 5.65. The van der Waals surface area contributed by atoms with Gasteiger partial charge in [0.15, 0.2) is 0 Å². The van der Waals surface area contributed by atoms with Crippen LogP contribution in [0.4, 0.5) is 4.79 Å². The molecular formula is C29H37N3O4. The fraction of sp³-hybridized carbons (Fsp3) is 0.483. The zero-order valence-corrected chi connectivity index (χ0v) is 21.7. The number of amides is 3. The van der Waals surface area contributed by atoms with Crippen molar-refractivity contribution in [3.63, 3.8) is 0 Å². The van der Waals surface area contributed by atoms with E-state index in [4.69, 9.17) is 4.74 Å². The lowest BCUT2D eigenvalue weighted by Crippen LogP contribution is -2.56. The second-order valence-corrected chi connectivity index (χ2v) is 10.8. The highest BCUT2D eigenvalue weighted by Gasteiger charge is 2.40. The van der Waals surface area contributed by atoms with Crippen molar-refractivity contribution in [1.29, 1.82) is 0 Å². The van der Waals surface area contributed by atoms with E-state index < -0.39 is 17.7 Å². The Morgan fingerprint density at radius 3 is 2.19 bits per heavy atom. The maximum absolute atomic E-state index is 13.7. The smallest absolute Gasteiger partial charge is 0.411 e. The minimum absolute atomic E-state index is 0.0282. The highest BCUT2D eigenvalue weighted by molar-refractivity contribution is 5.87. The van der Waals surface area contributed by atoms with Gasteiger partial charge in [0.1, 0.15) is 11.6 Å². The molecule has 4 rings (SSSR count). The average Bonchev–Trinajstić information content (AvgIpc) is 2.87. The molecule has 2 atom stereocenters. The van der Waals surface area contributed by atoms with Crippen molar-refractivity contribution in [2.75, 3.05) is 13.1 Å². The summed E-state index contributed by atoms with van der Waals surface area (Å²) in [5, 5.41) is 3.12. The van der Waals surface area contributed by atoms with E-state index in [2.05, 4.69) is 5.32 Å². The van der Waals surface area contributed by atoms with E-state index in [1.807, 2.05) is 82.3 Å². The fourth-order valence-electron chi connectivity index (χ4n) is 4.99. The second-order valence-electron chi connectivity index (χ2n) is 10.8. The molecule has 1 N–H and O–H groups in total. The molecule has 0 unspecified atom stereocenters. The number of benzene rings is 2. The van der Waals surface area contributed by atoms with Crippen molar-refractivity contribution >= 4 is 17.9 Å². The number of fused-ring (bicyclic) bond motifs is 1. The van der Waals surface area contributed by atoms with Crippen molar-refractivity contribution in [2.45, 2.75) is 71.2 Å². The summed E-state index contributed by atoms with van der Waals surface area (Å²) in [6.07, 6.45) is 1.20. The normalized spacial score (nSPS) is 19.3. The third-order valence-corrected chi connectivity index (χ3v) is 7.00. The molecule has 0 saturated carbocycles. The van der Waals surface area contributed by atoms with Gasteiger partial charge in [-0.05, 0) is 57.2 Å². The van der Waals surface area contributed by atoms with Gasteiger partial charge in [-0.25, -0.2) is 4.79 Å². The molecule has 0 radical (unpaired) electrons. The van der Waals surface area contributed by atoms with Gasteiger partial charge in [0.2, 0.25) is 11.8 Å². The van der Waals surface area contributed by atoms with Gasteiger partial charge >= 0.3 is 6.09 Å². The first-order chi connectivity index (χ1) is 17.1. The zero-order valence-electron chi connectivity index (χ0n) is 21.7. The van der Waals surface area contributed by atoms with E-state index in [0.29, 0.717) is 38.9 Å². The van der Waals surface area contributed by atoms with E-state index in [0.717, 1.165) is 16.7 Å². The predicted molar refractivity (Wildman–Crippen MR) is 138 cm³/mol. The lowest BCUT2D eigenvalue weighted by molar-refractivity contribution is -0.140. The van der Waals surface area contributed by atoms with E-state index in [1.165, 1.54) is 0 Å². The molecule has 1 fully saturated rings. The predicted octanol–water partition coefficient (Wildman–Crippen LogP) is 4.46. The number of ether oxygens (including phenoxy) is 1. The van der Waals surface area contributed by atoms with Gasteiger partial charge in [0.05, 0.1) is 12.6 Å². The maximum Gasteiger partial charge on any atom is 0.411 e. The van der Waals surface area contributed by atoms with Crippen molar-refractivity contribution in [2.24, 2.45) is 5.92 Å². The summed E-state index contributed by atoms with van der Waals surface area (Å²) in [7, 11) is 0. The van der Waals surface area contributed by atoms with Crippen LogP contribution in [0, 0.1) is 5.92 Å². The quantitative estimate of drug-likeness (QED) is 0.685. The monoisotopic (exact) mass is 491 g/mol. The molecule has 2 aliphatic rings. The molecule has 7 heteroatoms. The SMILES string of the molecule is C[C@H](NC(=O)C1CCN(C(=O)[C@H]2Cc3ccccc3CN2C(=O)OC(C)(C)C)CC1)c1ccccc1. The molecule has 192 valence electrons. The van der Waals surface area contributed by atoms with Crippen LogP contribution in [0.3, 0.4) is 0 Å². The van der Waals surface area contributed by atoms with Crippen LogP contribution in [0.2, 0.25) is 0 Å². The molecular weight excluding hydrogens is 454 g/mol. The molecule has 0 aromatic heterocycles. The van der Waals surface area contributed by atoms with Crippen LogP contribution in [-0.2, 0) is 27.3 Å². The average molecular weight is 492 g/mol. The number of rotatable bonds is 4. The Kier molecular flexibility index (Phi) is 7.67. The van der Waals surface area contributed by atoms with Gasteiger partial charge in [0, 0.05) is 25.4 Å². The molecule has 0 bridgehead atoms. The van der Waals surface area contributed by atoms with Crippen LogP contribution < -0.4 is 5.32 Å². The van der Waals surface area contributed by atoms with Crippen molar-refractivity contribution in [3.8, 4) is 0 Å². The molecule has 1 saturated heterocycles. The largest absolute Gasteiger partial charge is 0.444 e. The van der Waals surface area contributed by atoms with Crippen molar-refractivity contribution < 1.29 is 19.1 Å². The van der Waals surface area contributed by atoms with Crippen molar-refractivity contribution in [3.05, 3.63) is 71.3 Å². The number of hydrogen-bond acceptors (Lipinski definition) is 4. The summed E-state index contributed by atoms with van der Waals surface area (Å²) >= 11 is 0. The number of nitrogens with zero attached hydrogens (tertiary/aromatic N) is 2. The molecule has 2 aliphatic heterocycles. The van der Waals surface area contributed by atoms with E-state index in [-0.39, 0.29) is 23.8 Å². The summed E-state index contributed by atoms with van der Waals surface area (Å²) in [6, 6.07) is 17.1. The first kappa shape index (κ1) is 25.7. The summed E-state index contributed by atoms with van der Waals surface area (Å²) in [5.74, 6) is -0.179. The van der Waals surface area contributed by atoms with E-state index in [1.54, 1.807) is 9.80 Å². The Labute approximate surface area is 213 Å². The first-order valence-corrected chi connectivity index (χ1v) is 12.8. The summed E-state index contributed by atoms with van der Waals surface area (Å²) in [4.78, 5) is 43.0. The lowest BCUT2D eigenvalue weighted by atomic mass is 9.91. The minimum Gasteiger partial charge on any atom is -0.444 e. The van der Waals surface area contributed by atoms with Crippen molar-refractivity contribution in [1.82, 2.24) is 15.1 Å². The Balaban J connectivity index is 1.40. The number of hydrogen-bond donors (Lipinski definition) is 1. The van der Waals surface area contributed by atoms with Crippen LogP contribution in [0.1, 0.15) is 63.3 Å². The summed E-state index contributed by atoms with van der Waals surface area (Å²) in [5.41, 5.74) is 2.54. The molecule has 7 nitrogen and oxygen atoms in total. The lowest BCUT2D eigenvalue weighted by Gasteiger charge is -2.40. The van der Waals surface area contributed by atoms with Crippen LogP contribution in [-0.4, -0.2) is 52.4 Å². The Morgan fingerprint density at radius 2 is 1.56 bits per heavy atom. The first-order valence-electron chi connectivity index (χ1n) is 12.8. The standard InChI is InChI=1S/C29H37N3O4/c1-20(21-10-6-5-7-11-21)30-26(33)22-14-16-31(17-15-22)27(34)25-18-23-12-8-9-13-24(23)19-32(25)28(35)36-29(2,3)4/h5-13,20,22,25H,14-19H2,1-4H3,(H,30,33)/t20-,25+/m0/s1. The molecule has 2 aromatic rings. The highest BCUT2D eigenvalue weighted by atomic mass is 16.6. The molecule has 2 aromatic carbocycles. The Hall–Kier alpha value is -3.35. The van der Waals surface area contributed by atoms with Crippen LogP contribution in [0.15, 0.2) is 54.6 Å². The molecule has 0 spiro atoms. The van der Waals surface area contributed by atoms with Gasteiger partial charge in [-0.3, -0.25) is 14.5 Å². The maximum atomic E-state index is 13.7. The van der Waals surface area contributed by atoms with Gasteiger partial charge in [-0.2, -0.15) is 0 Å². The van der Waals surface area contributed by atoms with Gasteiger partial charge in [-0.15, -0.1) is 0 Å². The van der Waals surface area contributed by atoms with Crippen LogP contribution in [0.25, 0.3) is 0 Å². The molecule has 0 aliphatic carbocycles. The molecule has 36 heavy (non-hydrogen) atoms. The second kappa shape index (κ2) is 10.7. The molecule has 3 amide bonds. The number of carbonyl (C=O) groups is 3. The Bertz CT molecular complexity index is 1090. The van der Waals surface area contributed by atoms with Crippen LogP contribution >= 0.6 is 0 Å². The van der Waals surface area contributed by atoms with Gasteiger partial charge in [0.25, 0.3) is 0 Å². The molecule has 2 heterocycles. The Morgan fingerprint density at radius 1 is 0.944 bits per heavy atom. The minimum atomic E-state index is -0.649. The van der Waals surface area contributed by atoms with Crippen LogP contribution in [0.5, 0.6) is 0 Å². The number of carbonyl (C=O) groups excluding carboxylic acids is 3. The van der Waals surface area contributed by atoms with E-state index >= 15 is 0 Å².